The van der Waals surface area contributed by atoms with E-state index in [4.69, 9.17) is 19.2 Å². The van der Waals surface area contributed by atoms with E-state index in [0.717, 1.165) is 11.1 Å². The first-order valence-corrected chi connectivity index (χ1v) is 18.1. The summed E-state index contributed by atoms with van der Waals surface area (Å²) in [5.74, 6) is -0.844. The van der Waals surface area contributed by atoms with Crippen LogP contribution in [0, 0.1) is 5.92 Å². The number of benzene rings is 2. The average molecular weight is 712 g/mol. The van der Waals surface area contributed by atoms with E-state index in [1.165, 1.54) is 0 Å². The van der Waals surface area contributed by atoms with Gasteiger partial charge in [-0.2, -0.15) is 0 Å². The van der Waals surface area contributed by atoms with Crippen molar-refractivity contribution in [2.75, 3.05) is 19.8 Å². The molecule has 14 nitrogen and oxygen atoms in total. The number of hydrogen-bond acceptors (Lipinski definition) is 10. The Kier molecular flexibility index (Phi) is 10.2. The summed E-state index contributed by atoms with van der Waals surface area (Å²) in [6.45, 7) is 6.03. The molecule has 4 amide bonds. The average Bonchev–Trinajstić information content (AvgIpc) is 3.97. The zero-order valence-corrected chi connectivity index (χ0v) is 29.6. The van der Waals surface area contributed by atoms with E-state index in [9.17, 15) is 19.2 Å². The molecular formula is C38H45N7O7. The number of aliphatic imine (C=N–C) groups is 3. The summed E-state index contributed by atoms with van der Waals surface area (Å²) in [5.41, 5.74) is 1.80. The summed E-state index contributed by atoms with van der Waals surface area (Å²) < 4.78 is 18.1. The van der Waals surface area contributed by atoms with Crippen molar-refractivity contribution in [2.24, 2.45) is 20.9 Å². The van der Waals surface area contributed by atoms with Gasteiger partial charge in [-0.1, -0.05) is 74.5 Å². The van der Waals surface area contributed by atoms with E-state index in [0.29, 0.717) is 31.7 Å². The van der Waals surface area contributed by atoms with Crippen molar-refractivity contribution in [2.45, 2.75) is 94.9 Å². The fourth-order valence-electron chi connectivity index (χ4n) is 7.25. The monoisotopic (exact) mass is 711 g/mol. The molecule has 6 bridgehead atoms. The molecule has 0 saturated carbocycles. The summed E-state index contributed by atoms with van der Waals surface area (Å²) >= 11 is 0. The van der Waals surface area contributed by atoms with Gasteiger partial charge >= 0.3 is 0 Å². The molecule has 274 valence electrons. The Hall–Kier alpha value is -5.27. The summed E-state index contributed by atoms with van der Waals surface area (Å²) in [6, 6.07) is 13.7. The highest BCUT2D eigenvalue weighted by Crippen LogP contribution is 2.27. The molecule has 8 atom stereocenters. The van der Waals surface area contributed by atoms with Crippen LogP contribution in [0.15, 0.2) is 75.6 Å². The molecule has 0 aromatic heterocycles. The van der Waals surface area contributed by atoms with Crippen LogP contribution in [0.25, 0.3) is 0 Å². The van der Waals surface area contributed by atoms with Crippen LogP contribution in [0.5, 0.6) is 0 Å². The van der Waals surface area contributed by atoms with Crippen molar-refractivity contribution in [3.8, 4) is 0 Å². The second kappa shape index (κ2) is 15.1. The maximum atomic E-state index is 14.4. The van der Waals surface area contributed by atoms with Gasteiger partial charge < -0.3 is 35.1 Å². The molecule has 5 aliphatic heterocycles. The first-order chi connectivity index (χ1) is 25.1. The van der Waals surface area contributed by atoms with Gasteiger partial charge in [0.25, 0.3) is 0 Å². The van der Waals surface area contributed by atoms with E-state index >= 15 is 0 Å². The summed E-state index contributed by atoms with van der Waals surface area (Å²) in [6.07, 6.45) is 1.33. The van der Waals surface area contributed by atoms with Crippen molar-refractivity contribution >= 4 is 41.3 Å². The predicted octanol–water partition coefficient (Wildman–Crippen LogP) is 1.37. The van der Waals surface area contributed by atoms with E-state index in [-0.39, 0.29) is 49.2 Å². The Balaban J connectivity index is 1.24. The molecule has 52 heavy (non-hydrogen) atoms. The summed E-state index contributed by atoms with van der Waals surface area (Å²) in [4.78, 5) is 71.4. The minimum absolute atomic E-state index is 0.00370. The third-order valence-electron chi connectivity index (χ3n) is 10.1. The minimum Gasteiger partial charge on any atom is -0.477 e. The zero-order valence-electron chi connectivity index (χ0n) is 29.6. The van der Waals surface area contributed by atoms with Gasteiger partial charge in [0.2, 0.25) is 41.3 Å². The molecule has 3 N–H and O–H groups in total. The molecule has 0 aliphatic carbocycles. The smallest absolute Gasteiger partial charge is 0.249 e. The summed E-state index contributed by atoms with van der Waals surface area (Å²) in [7, 11) is 0. The SMILES string of the molecule is CC(C)C1NC(=O)C2N=C(OC2C)C2CCCN2C(=O)C(Cc2ccccc2)NC(=O)C2COC(=N2)C(Cc2ccccc2)NC(=O)C2COC1=N2. The molecule has 7 rings (SSSR count). The lowest BCUT2D eigenvalue weighted by atomic mass is 10.0. The highest BCUT2D eigenvalue weighted by Gasteiger charge is 2.45. The first-order valence-electron chi connectivity index (χ1n) is 18.1. The van der Waals surface area contributed by atoms with Gasteiger partial charge in [-0.25, -0.2) is 15.0 Å². The zero-order chi connectivity index (χ0) is 36.4. The number of carbonyl (C=O) groups is 4. The van der Waals surface area contributed by atoms with Crippen LogP contribution in [0.2, 0.25) is 0 Å². The molecule has 0 radical (unpaired) electrons. The molecule has 5 aliphatic rings. The highest BCUT2D eigenvalue weighted by atomic mass is 16.5. The van der Waals surface area contributed by atoms with Crippen LogP contribution in [-0.4, -0.2) is 114 Å². The Morgan fingerprint density at radius 1 is 0.731 bits per heavy atom. The molecule has 5 heterocycles. The number of ether oxygens (including phenoxy) is 3. The van der Waals surface area contributed by atoms with Crippen molar-refractivity contribution in [3.63, 3.8) is 0 Å². The molecule has 14 heteroatoms. The maximum Gasteiger partial charge on any atom is 0.249 e. The second-order valence-electron chi connectivity index (χ2n) is 14.2. The molecule has 2 aromatic carbocycles. The molecule has 8 unspecified atom stereocenters. The molecule has 0 spiro atoms. The first kappa shape index (κ1) is 35.1. The number of hydrogen-bond donors (Lipinski definition) is 3. The van der Waals surface area contributed by atoms with E-state index in [2.05, 4.69) is 25.9 Å². The number of nitrogens with one attached hydrogen (secondary N) is 3. The topological polar surface area (TPSA) is 172 Å². The molecule has 1 saturated heterocycles. The van der Waals surface area contributed by atoms with Crippen molar-refractivity contribution in [3.05, 3.63) is 71.8 Å². The number of fused-ring (bicyclic) bond motifs is 5. The number of amides is 4. The Bertz CT molecular complexity index is 1760. The van der Waals surface area contributed by atoms with Gasteiger partial charge in [0.1, 0.15) is 43.5 Å². The Morgan fingerprint density at radius 2 is 1.31 bits per heavy atom. The lowest BCUT2D eigenvalue weighted by Crippen LogP contribution is -2.54. The minimum atomic E-state index is -0.938. The summed E-state index contributed by atoms with van der Waals surface area (Å²) in [5, 5.41) is 9.03. The van der Waals surface area contributed by atoms with E-state index < -0.39 is 60.2 Å². The predicted molar refractivity (Wildman–Crippen MR) is 192 cm³/mol. The van der Waals surface area contributed by atoms with Crippen LogP contribution in [0.3, 0.4) is 0 Å². The van der Waals surface area contributed by atoms with Gasteiger partial charge in [-0.05, 0) is 36.8 Å². The van der Waals surface area contributed by atoms with Crippen LogP contribution in [-0.2, 0) is 46.2 Å². The molecule has 1 fully saturated rings. The van der Waals surface area contributed by atoms with Gasteiger partial charge in [-0.3, -0.25) is 19.2 Å². The quantitative estimate of drug-likeness (QED) is 0.420. The van der Waals surface area contributed by atoms with Crippen LogP contribution >= 0.6 is 0 Å². The van der Waals surface area contributed by atoms with Crippen LogP contribution < -0.4 is 16.0 Å². The number of carbonyl (C=O) groups excluding carboxylic acids is 4. The fraction of sp³-hybridized carbons (Fsp3) is 0.500. The van der Waals surface area contributed by atoms with Gasteiger partial charge in [-0.15, -0.1) is 0 Å². The highest BCUT2D eigenvalue weighted by molar-refractivity contribution is 5.99. The van der Waals surface area contributed by atoms with Gasteiger partial charge in [0.15, 0.2) is 18.1 Å². The third kappa shape index (κ3) is 7.51. The van der Waals surface area contributed by atoms with E-state index in [1.54, 1.807) is 11.8 Å². The van der Waals surface area contributed by atoms with Crippen molar-refractivity contribution < 1.29 is 33.4 Å². The largest absolute Gasteiger partial charge is 0.477 e. The van der Waals surface area contributed by atoms with Crippen molar-refractivity contribution in [1.29, 1.82) is 0 Å². The third-order valence-corrected chi connectivity index (χ3v) is 10.1. The Labute approximate surface area is 302 Å². The normalized spacial score (nSPS) is 30.8. The van der Waals surface area contributed by atoms with Gasteiger partial charge in [0.05, 0.1) is 0 Å². The molecule has 2 aromatic rings. The standard InChI is InChI=1S/C38H45N7O7/c1-21(2)30-37-42-28(20-51-37)32(46)39-25(17-23-11-6-4-7-12-23)35-41-27(19-50-35)33(47)40-26(18-24-13-8-5-9-14-24)38(49)45-16-10-15-29(45)36-44-31(22(3)52-36)34(48)43-30/h4-9,11-14,21-22,25-31H,10,15-20H2,1-3H3,(H,39,46)(H,40,47)(H,43,48). The number of rotatable bonds is 5. The maximum absolute atomic E-state index is 14.4. The lowest BCUT2D eigenvalue weighted by Gasteiger charge is -2.29. The second-order valence-corrected chi connectivity index (χ2v) is 14.2. The van der Waals surface area contributed by atoms with Crippen LogP contribution in [0.1, 0.15) is 44.7 Å². The lowest BCUT2D eigenvalue weighted by molar-refractivity contribution is -0.136. The van der Waals surface area contributed by atoms with Crippen molar-refractivity contribution in [1.82, 2.24) is 20.9 Å². The Morgan fingerprint density at radius 3 is 1.94 bits per heavy atom. The molecular weight excluding hydrogens is 666 g/mol. The van der Waals surface area contributed by atoms with Gasteiger partial charge in [0, 0.05) is 19.4 Å². The fourth-order valence-corrected chi connectivity index (χ4v) is 7.25. The van der Waals surface area contributed by atoms with E-state index in [1.807, 2.05) is 74.5 Å². The van der Waals surface area contributed by atoms with Crippen LogP contribution in [0.4, 0.5) is 0 Å². The number of nitrogens with zero attached hydrogens (tertiary/aromatic N) is 4.